The molecule has 0 atom stereocenters. The third kappa shape index (κ3) is 3.68. The molecule has 0 radical (unpaired) electrons. The summed E-state index contributed by atoms with van der Waals surface area (Å²) in [5, 5.41) is 9.81. The molecule has 3 aromatic rings. The molecule has 0 bridgehead atoms. The third-order valence-electron chi connectivity index (χ3n) is 3.40. The summed E-state index contributed by atoms with van der Waals surface area (Å²) >= 11 is 7.54. The highest BCUT2D eigenvalue weighted by Gasteiger charge is 2.16. The second kappa shape index (κ2) is 7.64. The molecule has 0 aliphatic heterocycles. The lowest BCUT2D eigenvalue weighted by atomic mass is 10.2. The summed E-state index contributed by atoms with van der Waals surface area (Å²) in [7, 11) is 0. The standard InChI is InChI=1S/C18H15ClFN3S/c1-2-10-23-17(15-8-3-4-9-16(15)20)21-22-18(23)24-12-13-6-5-7-14(19)11-13/h2-9,11H,1,10,12H2. The van der Waals surface area contributed by atoms with E-state index in [1.54, 1.807) is 24.3 Å². The van der Waals surface area contributed by atoms with Crippen molar-refractivity contribution in [2.24, 2.45) is 0 Å². The van der Waals surface area contributed by atoms with Crippen LogP contribution in [0.4, 0.5) is 4.39 Å². The molecule has 24 heavy (non-hydrogen) atoms. The van der Waals surface area contributed by atoms with Crippen molar-refractivity contribution in [3.8, 4) is 11.4 Å². The van der Waals surface area contributed by atoms with Gasteiger partial charge in [-0.3, -0.25) is 4.57 Å². The molecular weight excluding hydrogens is 345 g/mol. The van der Waals surface area contributed by atoms with Crippen LogP contribution in [0.5, 0.6) is 0 Å². The van der Waals surface area contributed by atoms with Crippen molar-refractivity contribution >= 4 is 23.4 Å². The minimum Gasteiger partial charge on any atom is -0.298 e. The van der Waals surface area contributed by atoms with Crippen LogP contribution in [0.25, 0.3) is 11.4 Å². The summed E-state index contributed by atoms with van der Waals surface area (Å²) in [6.45, 7) is 4.28. The fraction of sp³-hybridized carbons (Fsp3) is 0.111. The summed E-state index contributed by atoms with van der Waals surface area (Å²) in [6.07, 6.45) is 1.75. The Kier molecular flexibility index (Phi) is 5.33. The molecule has 0 saturated heterocycles. The number of hydrogen-bond donors (Lipinski definition) is 0. The highest BCUT2D eigenvalue weighted by atomic mass is 35.5. The minimum atomic E-state index is -0.318. The van der Waals surface area contributed by atoms with Gasteiger partial charge in [0.25, 0.3) is 0 Å². The first-order valence-electron chi connectivity index (χ1n) is 7.35. The molecule has 0 aliphatic carbocycles. The summed E-state index contributed by atoms with van der Waals surface area (Å²) in [4.78, 5) is 0. The van der Waals surface area contributed by atoms with Crippen molar-refractivity contribution in [1.29, 1.82) is 0 Å². The number of thioether (sulfide) groups is 1. The van der Waals surface area contributed by atoms with Crippen LogP contribution in [-0.2, 0) is 12.3 Å². The first-order valence-corrected chi connectivity index (χ1v) is 8.71. The Balaban J connectivity index is 1.89. The molecule has 122 valence electrons. The van der Waals surface area contributed by atoms with Crippen molar-refractivity contribution in [3.05, 3.63) is 77.6 Å². The van der Waals surface area contributed by atoms with Crippen LogP contribution in [0, 0.1) is 5.82 Å². The Morgan fingerprint density at radius 2 is 2.00 bits per heavy atom. The highest BCUT2D eigenvalue weighted by molar-refractivity contribution is 7.98. The van der Waals surface area contributed by atoms with E-state index in [4.69, 9.17) is 11.6 Å². The Morgan fingerprint density at radius 3 is 2.75 bits per heavy atom. The number of benzene rings is 2. The van der Waals surface area contributed by atoms with Crippen molar-refractivity contribution in [2.45, 2.75) is 17.5 Å². The number of halogens is 2. The van der Waals surface area contributed by atoms with Gasteiger partial charge in [0.2, 0.25) is 0 Å². The lowest BCUT2D eigenvalue weighted by molar-refractivity contribution is 0.626. The average molecular weight is 360 g/mol. The van der Waals surface area contributed by atoms with Crippen LogP contribution in [0.2, 0.25) is 5.02 Å². The molecule has 6 heteroatoms. The SMILES string of the molecule is C=CCn1c(SCc2cccc(Cl)c2)nnc1-c1ccccc1F. The van der Waals surface area contributed by atoms with Crippen LogP contribution in [0.3, 0.4) is 0 Å². The topological polar surface area (TPSA) is 30.7 Å². The molecule has 0 unspecified atom stereocenters. The Morgan fingerprint density at radius 1 is 1.17 bits per heavy atom. The number of aromatic nitrogens is 3. The van der Waals surface area contributed by atoms with E-state index in [0.29, 0.717) is 33.9 Å². The molecule has 3 rings (SSSR count). The summed E-state index contributed by atoms with van der Waals surface area (Å²) in [5.41, 5.74) is 1.52. The van der Waals surface area contributed by atoms with Crippen molar-refractivity contribution < 1.29 is 4.39 Å². The fourth-order valence-electron chi connectivity index (χ4n) is 2.31. The van der Waals surface area contributed by atoms with E-state index in [-0.39, 0.29) is 5.82 Å². The lowest BCUT2D eigenvalue weighted by Crippen LogP contribution is -2.01. The molecule has 3 nitrogen and oxygen atoms in total. The van der Waals surface area contributed by atoms with Crippen molar-refractivity contribution in [2.75, 3.05) is 0 Å². The van der Waals surface area contributed by atoms with Gasteiger partial charge in [-0.2, -0.15) is 0 Å². The second-order valence-electron chi connectivity index (χ2n) is 5.10. The van der Waals surface area contributed by atoms with Gasteiger partial charge in [0.15, 0.2) is 11.0 Å². The zero-order valence-electron chi connectivity index (χ0n) is 12.8. The van der Waals surface area contributed by atoms with Gasteiger partial charge in [-0.05, 0) is 29.8 Å². The zero-order valence-corrected chi connectivity index (χ0v) is 14.4. The van der Waals surface area contributed by atoms with Gasteiger partial charge in [0, 0.05) is 17.3 Å². The third-order valence-corrected chi connectivity index (χ3v) is 4.67. The molecule has 2 aromatic carbocycles. The summed E-state index contributed by atoms with van der Waals surface area (Å²) < 4.78 is 15.9. The van der Waals surface area contributed by atoms with Crippen LogP contribution in [0.1, 0.15) is 5.56 Å². The van der Waals surface area contributed by atoms with Gasteiger partial charge in [0.05, 0.1) is 5.56 Å². The smallest absolute Gasteiger partial charge is 0.192 e. The first-order chi connectivity index (χ1) is 11.7. The molecule has 0 spiro atoms. The minimum absolute atomic E-state index is 0.318. The van der Waals surface area contributed by atoms with Crippen molar-refractivity contribution in [1.82, 2.24) is 14.8 Å². The molecule has 0 aliphatic rings. The summed E-state index contributed by atoms with van der Waals surface area (Å²) in [6, 6.07) is 14.2. The van der Waals surface area contributed by atoms with E-state index >= 15 is 0 Å². The van der Waals surface area contributed by atoms with E-state index in [0.717, 1.165) is 5.56 Å². The Hall–Kier alpha value is -2.11. The van der Waals surface area contributed by atoms with E-state index < -0.39 is 0 Å². The quantitative estimate of drug-likeness (QED) is 0.446. The van der Waals surface area contributed by atoms with Gasteiger partial charge in [-0.25, -0.2) is 4.39 Å². The Bertz CT molecular complexity index is 863. The van der Waals surface area contributed by atoms with E-state index in [9.17, 15) is 4.39 Å². The van der Waals surface area contributed by atoms with E-state index in [2.05, 4.69) is 16.8 Å². The van der Waals surface area contributed by atoms with Crippen LogP contribution in [0.15, 0.2) is 66.3 Å². The Labute approximate surface area is 149 Å². The highest BCUT2D eigenvalue weighted by Crippen LogP contribution is 2.28. The van der Waals surface area contributed by atoms with Crippen LogP contribution >= 0.6 is 23.4 Å². The van der Waals surface area contributed by atoms with Crippen molar-refractivity contribution in [3.63, 3.8) is 0 Å². The molecule has 0 N–H and O–H groups in total. The van der Waals surface area contributed by atoms with Gasteiger partial charge < -0.3 is 0 Å². The maximum atomic E-state index is 14.1. The molecule has 0 saturated carbocycles. The predicted octanol–water partition coefficient (Wildman–Crippen LogP) is 5.22. The van der Waals surface area contributed by atoms with E-state index in [1.165, 1.54) is 17.8 Å². The predicted molar refractivity (Wildman–Crippen MR) is 96.6 cm³/mol. The number of allylic oxidation sites excluding steroid dienone is 1. The monoisotopic (exact) mass is 359 g/mol. The molecule has 0 fully saturated rings. The lowest BCUT2D eigenvalue weighted by Gasteiger charge is -2.08. The fourth-order valence-corrected chi connectivity index (χ4v) is 3.41. The zero-order chi connectivity index (χ0) is 16.9. The van der Waals surface area contributed by atoms with Gasteiger partial charge in [0.1, 0.15) is 5.82 Å². The first kappa shape index (κ1) is 16.7. The second-order valence-corrected chi connectivity index (χ2v) is 6.48. The molecule has 1 aromatic heterocycles. The van der Waals surface area contributed by atoms with Gasteiger partial charge in [-0.15, -0.1) is 16.8 Å². The van der Waals surface area contributed by atoms with Gasteiger partial charge >= 0.3 is 0 Å². The van der Waals surface area contributed by atoms with Crippen LogP contribution < -0.4 is 0 Å². The molecule has 1 heterocycles. The summed E-state index contributed by atoms with van der Waals surface area (Å²) in [5.74, 6) is 0.885. The molecular formula is C18H15ClFN3S. The number of hydrogen-bond acceptors (Lipinski definition) is 3. The maximum absolute atomic E-state index is 14.1. The molecule has 0 amide bonds. The number of rotatable bonds is 6. The largest absolute Gasteiger partial charge is 0.298 e. The normalized spacial score (nSPS) is 10.8. The van der Waals surface area contributed by atoms with E-state index in [1.807, 2.05) is 28.8 Å². The number of nitrogens with zero attached hydrogens (tertiary/aromatic N) is 3. The van der Waals surface area contributed by atoms with Gasteiger partial charge in [-0.1, -0.05) is 53.7 Å². The van der Waals surface area contributed by atoms with Crippen LogP contribution in [-0.4, -0.2) is 14.8 Å². The maximum Gasteiger partial charge on any atom is 0.192 e. The average Bonchev–Trinajstić information content (AvgIpc) is 2.97.